The molecule has 0 amide bonds. The summed E-state index contributed by atoms with van der Waals surface area (Å²) < 4.78 is 20.9. The van der Waals surface area contributed by atoms with Gasteiger partial charge >= 0.3 is 0 Å². The lowest BCUT2D eigenvalue weighted by atomic mass is 10.0. The molecule has 0 aliphatic carbocycles. The first kappa shape index (κ1) is 14.4. The summed E-state index contributed by atoms with van der Waals surface area (Å²) in [4.78, 5) is 0. The standard InChI is InChI=1S/C12H19FN2OS/c1-16-12(11(14)7-13)10-5-3-9(4-6-10)8-15-17-2/h3-6,11-12,15H,7-8,14H2,1-2H3. The fraction of sp³-hybridized carbons (Fsp3) is 0.500. The SMILES string of the molecule is COC(c1ccc(CNSC)cc1)C(N)CF. The molecule has 1 aromatic rings. The van der Waals surface area contributed by atoms with Crippen LogP contribution in [0.1, 0.15) is 17.2 Å². The molecule has 17 heavy (non-hydrogen) atoms. The van der Waals surface area contributed by atoms with Crippen molar-refractivity contribution in [1.29, 1.82) is 0 Å². The molecule has 96 valence electrons. The zero-order valence-corrected chi connectivity index (χ0v) is 11.0. The molecule has 0 heterocycles. The molecular weight excluding hydrogens is 239 g/mol. The highest BCUT2D eigenvalue weighted by Gasteiger charge is 2.18. The van der Waals surface area contributed by atoms with Crippen LogP contribution in [-0.4, -0.2) is 26.1 Å². The van der Waals surface area contributed by atoms with Crippen LogP contribution in [0.25, 0.3) is 0 Å². The van der Waals surface area contributed by atoms with E-state index in [2.05, 4.69) is 4.72 Å². The van der Waals surface area contributed by atoms with Crippen molar-refractivity contribution in [3.63, 3.8) is 0 Å². The van der Waals surface area contributed by atoms with E-state index in [9.17, 15) is 4.39 Å². The second-order valence-electron chi connectivity index (χ2n) is 3.74. The van der Waals surface area contributed by atoms with Gasteiger partial charge in [-0.1, -0.05) is 36.2 Å². The molecular formula is C12H19FN2OS. The van der Waals surface area contributed by atoms with Crippen molar-refractivity contribution in [3.8, 4) is 0 Å². The van der Waals surface area contributed by atoms with Crippen molar-refractivity contribution in [2.75, 3.05) is 20.0 Å². The molecule has 5 heteroatoms. The van der Waals surface area contributed by atoms with Crippen molar-refractivity contribution in [2.24, 2.45) is 5.73 Å². The van der Waals surface area contributed by atoms with Gasteiger partial charge in [-0.25, -0.2) is 4.39 Å². The second kappa shape index (κ2) is 7.66. The first-order valence-corrected chi connectivity index (χ1v) is 6.64. The largest absolute Gasteiger partial charge is 0.375 e. The normalized spacial score (nSPS) is 14.6. The molecule has 0 spiro atoms. The van der Waals surface area contributed by atoms with Crippen LogP contribution in [0.5, 0.6) is 0 Å². The summed E-state index contributed by atoms with van der Waals surface area (Å²) in [6, 6.07) is 7.24. The first-order valence-electron chi connectivity index (χ1n) is 5.42. The number of hydrogen-bond acceptors (Lipinski definition) is 4. The number of benzene rings is 1. The van der Waals surface area contributed by atoms with Crippen molar-refractivity contribution in [3.05, 3.63) is 35.4 Å². The minimum Gasteiger partial charge on any atom is -0.375 e. The van der Waals surface area contributed by atoms with E-state index in [1.165, 1.54) is 5.56 Å². The molecule has 0 bridgehead atoms. The maximum absolute atomic E-state index is 12.5. The van der Waals surface area contributed by atoms with Gasteiger partial charge in [-0.15, -0.1) is 0 Å². The Morgan fingerprint density at radius 2 is 2.06 bits per heavy atom. The lowest BCUT2D eigenvalue weighted by molar-refractivity contribution is 0.0720. The highest BCUT2D eigenvalue weighted by molar-refractivity contribution is 7.96. The minimum atomic E-state index is -0.616. The van der Waals surface area contributed by atoms with Crippen molar-refractivity contribution in [1.82, 2.24) is 4.72 Å². The smallest absolute Gasteiger partial charge is 0.107 e. The Balaban J connectivity index is 2.71. The van der Waals surface area contributed by atoms with Crippen LogP contribution in [0.3, 0.4) is 0 Å². The van der Waals surface area contributed by atoms with E-state index in [0.29, 0.717) is 0 Å². The third-order valence-corrected chi connectivity index (χ3v) is 2.98. The summed E-state index contributed by atoms with van der Waals surface area (Å²) in [6.45, 7) is 0.211. The molecule has 0 aliphatic rings. The maximum Gasteiger partial charge on any atom is 0.107 e. The predicted molar refractivity (Wildman–Crippen MR) is 70.5 cm³/mol. The van der Waals surface area contributed by atoms with Crippen LogP contribution in [0, 0.1) is 0 Å². The monoisotopic (exact) mass is 258 g/mol. The topological polar surface area (TPSA) is 47.3 Å². The molecule has 3 nitrogen and oxygen atoms in total. The zero-order valence-electron chi connectivity index (χ0n) is 10.2. The van der Waals surface area contributed by atoms with Crippen LogP contribution < -0.4 is 10.5 Å². The third kappa shape index (κ3) is 4.27. The van der Waals surface area contributed by atoms with Crippen LogP contribution in [0.4, 0.5) is 4.39 Å². The quantitative estimate of drug-likeness (QED) is 0.735. The molecule has 0 radical (unpaired) electrons. The van der Waals surface area contributed by atoms with Gasteiger partial charge in [0.05, 0.1) is 12.1 Å². The molecule has 3 N–H and O–H groups in total. The average molecular weight is 258 g/mol. The van der Waals surface area contributed by atoms with Crippen molar-refractivity contribution < 1.29 is 9.13 Å². The molecule has 2 atom stereocenters. The van der Waals surface area contributed by atoms with E-state index in [1.807, 2.05) is 30.5 Å². The van der Waals surface area contributed by atoms with Gasteiger partial charge in [0.25, 0.3) is 0 Å². The van der Waals surface area contributed by atoms with Gasteiger partial charge in [0.1, 0.15) is 6.67 Å². The van der Waals surface area contributed by atoms with E-state index >= 15 is 0 Å². The predicted octanol–water partition coefficient (Wildman–Crippen LogP) is 2.04. The van der Waals surface area contributed by atoms with Crippen LogP contribution in [-0.2, 0) is 11.3 Å². The van der Waals surface area contributed by atoms with E-state index < -0.39 is 12.7 Å². The first-order chi connectivity index (χ1) is 8.22. The summed E-state index contributed by atoms with van der Waals surface area (Å²) in [5.74, 6) is 0. The molecule has 0 aromatic heterocycles. The highest BCUT2D eigenvalue weighted by Crippen LogP contribution is 2.20. The van der Waals surface area contributed by atoms with Gasteiger partial charge in [-0.05, 0) is 17.4 Å². The molecule has 0 saturated carbocycles. The molecule has 1 rings (SSSR count). The molecule has 1 aromatic carbocycles. The summed E-state index contributed by atoms with van der Waals surface area (Å²) in [5, 5.41) is 0. The fourth-order valence-corrected chi connectivity index (χ4v) is 1.93. The number of ether oxygens (including phenoxy) is 1. The number of nitrogens with two attached hydrogens (primary N) is 1. The average Bonchev–Trinajstić information content (AvgIpc) is 2.38. The van der Waals surface area contributed by atoms with Gasteiger partial charge in [-0.2, -0.15) is 0 Å². The second-order valence-corrected chi connectivity index (χ2v) is 4.44. The van der Waals surface area contributed by atoms with Crippen LogP contribution in [0.2, 0.25) is 0 Å². The Morgan fingerprint density at radius 1 is 1.41 bits per heavy atom. The van der Waals surface area contributed by atoms with Gasteiger partial charge in [0, 0.05) is 13.7 Å². The highest BCUT2D eigenvalue weighted by atomic mass is 32.2. The van der Waals surface area contributed by atoms with E-state index in [0.717, 1.165) is 12.1 Å². The number of nitrogens with one attached hydrogen (secondary N) is 1. The Labute approximate surface area is 106 Å². The molecule has 0 fully saturated rings. The Kier molecular flexibility index (Phi) is 6.50. The van der Waals surface area contributed by atoms with Crippen molar-refractivity contribution in [2.45, 2.75) is 18.7 Å². The summed E-state index contributed by atoms with van der Waals surface area (Å²) in [6.07, 6.45) is 1.60. The van der Waals surface area contributed by atoms with E-state index in [-0.39, 0.29) is 6.10 Å². The molecule has 0 saturated heterocycles. The van der Waals surface area contributed by atoms with Gasteiger partial charge in [-0.3, -0.25) is 4.72 Å². The fourth-order valence-electron chi connectivity index (χ4n) is 1.62. The van der Waals surface area contributed by atoms with Crippen LogP contribution in [0.15, 0.2) is 24.3 Å². The Morgan fingerprint density at radius 3 is 2.53 bits per heavy atom. The zero-order chi connectivity index (χ0) is 12.7. The van der Waals surface area contributed by atoms with Gasteiger partial charge in [0.15, 0.2) is 0 Å². The molecule has 2 unspecified atom stereocenters. The van der Waals surface area contributed by atoms with Crippen LogP contribution >= 0.6 is 11.9 Å². The third-order valence-electron chi connectivity index (χ3n) is 2.55. The lowest BCUT2D eigenvalue weighted by Crippen LogP contribution is -2.31. The van der Waals surface area contributed by atoms with E-state index in [1.54, 1.807) is 19.1 Å². The Hall–Kier alpha value is -0.620. The summed E-state index contributed by atoms with van der Waals surface area (Å²) >= 11 is 1.58. The van der Waals surface area contributed by atoms with E-state index in [4.69, 9.17) is 10.5 Å². The van der Waals surface area contributed by atoms with Gasteiger partial charge < -0.3 is 10.5 Å². The number of hydrogen-bond donors (Lipinski definition) is 2. The summed E-state index contributed by atoms with van der Waals surface area (Å²) in [5.41, 5.74) is 7.74. The number of alkyl halides is 1. The maximum atomic E-state index is 12.5. The number of rotatable bonds is 7. The van der Waals surface area contributed by atoms with Gasteiger partial charge in [0.2, 0.25) is 0 Å². The number of halogens is 1. The number of methoxy groups -OCH3 is 1. The molecule has 0 aliphatic heterocycles. The minimum absolute atomic E-state index is 0.387. The Bertz CT molecular complexity index is 321. The summed E-state index contributed by atoms with van der Waals surface area (Å²) in [7, 11) is 1.55. The lowest BCUT2D eigenvalue weighted by Gasteiger charge is -2.20. The van der Waals surface area contributed by atoms with Crippen molar-refractivity contribution >= 4 is 11.9 Å².